The molecule has 2 aromatic carbocycles. The molecule has 8 nitrogen and oxygen atoms in total. The standard InChI is InChI=1S/C24H26ClN5O3/c1-16-5-4-6-18(13-16)15-29-23(32)21(22(31)28-11-9-27(3)10-12-28)26-30(24(29)33)19-8-7-17(2)20(25)14-19/h4-8,13-14H,9-12,15H2,1-3H3. The zero-order valence-corrected chi connectivity index (χ0v) is 19.7. The number of nitrogens with zero attached hydrogens (tertiary/aromatic N) is 5. The summed E-state index contributed by atoms with van der Waals surface area (Å²) in [4.78, 5) is 43.7. The van der Waals surface area contributed by atoms with Gasteiger partial charge in [0.1, 0.15) is 0 Å². The highest BCUT2D eigenvalue weighted by molar-refractivity contribution is 6.31. The third-order valence-corrected chi connectivity index (χ3v) is 6.28. The van der Waals surface area contributed by atoms with Gasteiger partial charge in [-0.1, -0.05) is 47.5 Å². The lowest BCUT2D eigenvalue weighted by atomic mass is 10.1. The molecule has 172 valence electrons. The number of halogens is 1. The van der Waals surface area contributed by atoms with Gasteiger partial charge in [0.2, 0.25) is 5.69 Å². The minimum atomic E-state index is -0.695. The van der Waals surface area contributed by atoms with Gasteiger partial charge in [-0.3, -0.25) is 14.2 Å². The highest BCUT2D eigenvalue weighted by Gasteiger charge is 2.27. The average Bonchev–Trinajstić information content (AvgIpc) is 2.79. The molecular formula is C24H26ClN5O3. The number of aromatic nitrogens is 3. The van der Waals surface area contributed by atoms with E-state index in [1.54, 1.807) is 23.1 Å². The van der Waals surface area contributed by atoms with Gasteiger partial charge in [-0.05, 0) is 44.2 Å². The van der Waals surface area contributed by atoms with Crippen molar-refractivity contribution < 1.29 is 4.79 Å². The molecule has 0 N–H and O–H groups in total. The van der Waals surface area contributed by atoms with Crippen molar-refractivity contribution in [2.45, 2.75) is 20.4 Å². The molecule has 0 saturated carbocycles. The zero-order chi connectivity index (χ0) is 23.7. The van der Waals surface area contributed by atoms with Crippen molar-refractivity contribution in [1.29, 1.82) is 0 Å². The van der Waals surface area contributed by atoms with Crippen LogP contribution < -0.4 is 11.2 Å². The van der Waals surface area contributed by atoms with Crippen LogP contribution in [0.3, 0.4) is 0 Å². The first kappa shape index (κ1) is 22.9. The largest absolute Gasteiger partial charge is 0.352 e. The molecule has 1 aromatic heterocycles. The molecule has 4 rings (SSSR count). The van der Waals surface area contributed by atoms with E-state index in [1.165, 1.54) is 0 Å². The highest BCUT2D eigenvalue weighted by atomic mass is 35.5. The van der Waals surface area contributed by atoms with Crippen molar-refractivity contribution in [3.05, 3.63) is 90.7 Å². The quantitative estimate of drug-likeness (QED) is 0.587. The lowest BCUT2D eigenvalue weighted by Gasteiger charge is -2.32. The van der Waals surface area contributed by atoms with Crippen LogP contribution in [0.2, 0.25) is 5.02 Å². The van der Waals surface area contributed by atoms with E-state index in [0.717, 1.165) is 25.9 Å². The minimum absolute atomic E-state index is 0.0322. The zero-order valence-electron chi connectivity index (χ0n) is 18.9. The van der Waals surface area contributed by atoms with E-state index in [4.69, 9.17) is 11.6 Å². The molecule has 0 atom stereocenters. The topological polar surface area (TPSA) is 80.4 Å². The smallest absolute Gasteiger partial charge is 0.335 e. The molecule has 2 heterocycles. The van der Waals surface area contributed by atoms with Crippen molar-refractivity contribution in [3.63, 3.8) is 0 Å². The predicted molar refractivity (Wildman–Crippen MR) is 128 cm³/mol. The first-order valence-corrected chi connectivity index (χ1v) is 11.2. The second-order valence-corrected chi connectivity index (χ2v) is 8.86. The van der Waals surface area contributed by atoms with Gasteiger partial charge >= 0.3 is 5.69 Å². The van der Waals surface area contributed by atoms with E-state index >= 15 is 0 Å². The van der Waals surface area contributed by atoms with Gasteiger partial charge in [-0.15, -0.1) is 0 Å². The molecule has 9 heteroatoms. The second-order valence-electron chi connectivity index (χ2n) is 8.45. The summed E-state index contributed by atoms with van der Waals surface area (Å²) in [5, 5.41) is 4.70. The first-order valence-electron chi connectivity index (χ1n) is 10.8. The molecule has 1 aliphatic rings. The molecule has 3 aromatic rings. The van der Waals surface area contributed by atoms with Crippen molar-refractivity contribution in [2.75, 3.05) is 33.2 Å². The van der Waals surface area contributed by atoms with Gasteiger partial charge in [0.25, 0.3) is 11.5 Å². The van der Waals surface area contributed by atoms with Crippen LogP contribution >= 0.6 is 11.6 Å². The minimum Gasteiger partial charge on any atom is -0.335 e. The first-order chi connectivity index (χ1) is 15.7. The molecule has 1 aliphatic heterocycles. The van der Waals surface area contributed by atoms with Crippen LogP contribution in [0.15, 0.2) is 52.1 Å². The fourth-order valence-corrected chi connectivity index (χ4v) is 4.00. The molecule has 0 unspecified atom stereocenters. The summed E-state index contributed by atoms with van der Waals surface area (Å²) in [6, 6.07) is 12.6. The maximum atomic E-state index is 13.4. The predicted octanol–water partition coefficient (Wildman–Crippen LogP) is 2.10. The molecule has 33 heavy (non-hydrogen) atoms. The Morgan fingerprint density at radius 3 is 2.42 bits per heavy atom. The summed E-state index contributed by atoms with van der Waals surface area (Å²) in [6.45, 7) is 6.21. The third kappa shape index (κ3) is 4.77. The van der Waals surface area contributed by atoms with Crippen LogP contribution in [0.1, 0.15) is 27.2 Å². The lowest BCUT2D eigenvalue weighted by Crippen LogP contribution is -2.51. The van der Waals surface area contributed by atoms with Crippen molar-refractivity contribution in [3.8, 4) is 5.69 Å². The van der Waals surface area contributed by atoms with Crippen LogP contribution in [0.25, 0.3) is 5.69 Å². The Morgan fingerprint density at radius 1 is 1.03 bits per heavy atom. The molecular weight excluding hydrogens is 442 g/mol. The fraction of sp³-hybridized carbons (Fsp3) is 0.333. The van der Waals surface area contributed by atoms with Gasteiger partial charge in [-0.25, -0.2) is 4.79 Å². The Kier molecular flexibility index (Phi) is 6.49. The molecule has 0 radical (unpaired) electrons. The molecule has 0 aliphatic carbocycles. The summed E-state index contributed by atoms with van der Waals surface area (Å²) >= 11 is 6.28. The molecule has 1 saturated heterocycles. The van der Waals surface area contributed by atoms with E-state index in [1.807, 2.05) is 45.2 Å². The van der Waals surface area contributed by atoms with Gasteiger partial charge in [-0.2, -0.15) is 9.78 Å². The Morgan fingerprint density at radius 2 is 1.76 bits per heavy atom. The highest BCUT2D eigenvalue weighted by Crippen LogP contribution is 2.18. The van der Waals surface area contributed by atoms with Gasteiger partial charge in [0.05, 0.1) is 12.2 Å². The van der Waals surface area contributed by atoms with Crippen LogP contribution in [-0.4, -0.2) is 63.3 Å². The van der Waals surface area contributed by atoms with Crippen LogP contribution in [0.4, 0.5) is 0 Å². The monoisotopic (exact) mass is 467 g/mol. The maximum Gasteiger partial charge on any atom is 0.352 e. The van der Waals surface area contributed by atoms with Crippen LogP contribution in [-0.2, 0) is 6.54 Å². The van der Waals surface area contributed by atoms with Gasteiger partial charge in [0, 0.05) is 31.2 Å². The third-order valence-electron chi connectivity index (χ3n) is 5.88. The maximum absolute atomic E-state index is 13.4. The van der Waals surface area contributed by atoms with E-state index in [2.05, 4.69) is 10.00 Å². The van der Waals surface area contributed by atoms with Crippen LogP contribution in [0, 0.1) is 13.8 Å². The number of likely N-dealkylation sites (N-methyl/N-ethyl adjacent to an activating group) is 1. The van der Waals surface area contributed by atoms with E-state index < -0.39 is 17.2 Å². The number of rotatable bonds is 4. The fourth-order valence-electron chi connectivity index (χ4n) is 3.82. The number of benzene rings is 2. The number of hydrogen-bond acceptors (Lipinski definition) is 5. The van der Waals surface area contributed by atoms with Gasteiger partial charge < -0.3 is 9.80 Å². The Balaban J connectivity index is 1.86. The number of hydrogen-bond donors (Lipinski definition) is 0. The van der Waals surface area contributed by atoms with E-state index in [0.29, 0.717) is 36.9 Å². The van der Waals surface area contributed by atoms with Crippen LogP contribution in [0.5, 0.6) is 0 Å². The Bertz CT molecular complexity index is 1320. The molecule has 1 fully saturated rings. The van der Waals surface area contributed by atoms with Crippen molar-refractivity contribution >= 4 is 17.5 Å². The van der Waals surface area contributed by atoms with Crippen molar-refractivity contribution in [1.82, 2.24) is 24.1 Å². The summed E-state index contributed by atoms with van der Waals surface area (Å²) in [6.07, 6.45) is 0. The number of amides is 1. The van der Waals surface area contributed by atoms with E-state index in [-0.39, 0.29) is 12.2 Å². The van der Waals surface area contributed by atoms with E-state index in [9.17, 15) is 14.4 Å². The molecule has 1 amide bonds. The SMILES string of the molecule is Cc1cccc(Cn2c(=O)c(C(=O)N3CCN(C)CC3)nn(-c3ccc(C)c(Cl)c3)c2=O)c1. The normalized spacial score (nSPS) is 14.5. The summed E-state index contributed by atoms with van der Waals surface area (Å²) in [5.41, 5.74) is 1.43. The second kappa shape index (κ2) is 9.33. The number of piperazine rings is 1. The summed E-state index contributed by atoms with van der Waals surface area (Å²) < 4.78 is 2.16. The summed E-state index contributed by atoms with van der Waals surface area (Å²) in [7, 11) is 1.98. The number of carbonyl (C=O) groups excluding carboxylic acids is 1. The van der Waals surface area contributed by atoms with Crippen molar-refractivity contribution in [2.24, 2.45) is 0 Å². The number of carbonyl (C=O) groups is 1. The Hall–Kier alpha value is -3.23. The number of aryl methyl sites for hydroxylation is 2. The molecule has 0 bridgehead atoms. The summed E-state index contributed by atoms with van der Waals surface area (Å²) in [5.74, 6) is -0.474. The Labute approximate surface area is 196 Å². The molecule has 0 spiro atoms. The lowest BCUT2D eigenvalue weighted by molar-refractivity contribution is 0.0652. The average molecular weight is 468 g/mol. The van der Waals surface area contributed by atoms with Gasteiger partial charge in [0.15, 0.2) is 0 Å².